The predicted octanol–water partition coefficient (Wildman–Crippen LogP) is 3.26. The molecule has 29 heavy (non-hydrogen) atoms. The fraction of sp³-hybridized carbons (Fsp3) is 0.261. The molecule has 1 saturated carbocycles. The topological polar surface area (TPSA) is 75.7 Å². The number of hydrogen-bond acceptors (Lipinski definition) is 4. The fourth-order valence-electron chi connectivity index (χ4n) is 4.90. The lowest BCUT2D eigenvalue weighted by Crippen LogP contribution is -2.34. The lowest BCUT2D eigenvalue weighted by molar-refractivity contribution is -0.123. The normalized spacial score (nSPS) is 26.7. The average molecular weight is 388 g/mol. The number of nitrogens with one attached hydrogen (secondary N) is 1. The molecule has 1 saturated heterocycles. The molecule has 6 heteroatoms. The van der Waals surface area contributed by atoms with Crippen LogP contribution in [0, 0.1) is 23.7 Å². The van der Waals surface area contributed by atoms with Crippen LogP contribution in [-0.4, -0.2) is 24.8 Å². The summed E-state index contributed by atoms with van der Waals surface area (Å²) in [6.07, 6.45) is 4.99. The molecule has 1 aliphatic heterocycles. The van der Waals surface area contributed by atoms with E-state index in [2.05, 4.69) is 17.5 Å². The van der Waals surface area contributed by atoms with Crippen molar-refractivity contribution in [2.75, 3.05) is 17.3 Å². The van der Waals surface area contributed by atoms with Crippen LogP contribution in [0.5, 0.6) is 5.75 Å². The number of carbonyl (C=O) groups is 3. The molecule has 3 aliphatic rings. The van der Waals surface area contributed by atoms with Gasteiger partial charge in [0.05, 0.1) is 30.2 Å². The van der Waals surface area contributed by atoms with Crippen LogP contribution in [0.3, 0.4) is 0 Å². The minimum Gasteiger partial charge on any atom is -0.497 e. The Morgan fingerprint density at radius 2 is 1.69 bits per heavy atom. The number of anilines is 2. The second kappa shape index (κ2) is 6.58. The van der Waals surface area contributed by atoms with Crippen LogP contribution < -0.4 is 15.0 Å². The Labute approximate surface area is 168 Å². The monoisotopic (exact) mass is 388 g/mol. The summed E-state index contributed by atoms with van der Waals surface area (Å²) < 4.78 is 5.19. The van der Waals surface area contributed by atoms with E-state index in [1.807, 2.05) is 0 Å². The van der Waals surface area contributed by atoms with Gasteiger partial charge in [0, 0.05) is 11.8 Å². The van der Waals surface area contributed by atoms with E-state index in [0.717, 1.165) is 6.42 Å². The van der Waals surface area contributed by atoms with E-state index in [1.165, 1.54) is 4.90 Å². The molecule has 0 radical (unpaired) electrons. The van der Waals surface area contributed by atoms with E-state index in [-0.39, 0.29) is 47.0 Å². The molecular weight excluding hydrogens is 368 g/mol. The van der Waals surface area contributed by atoms with Crippen LogP contribution in [-0.2, 0) is 9.59 Å². The molecule has 1 N–H and O–H groups in total. The minimum atomic E-state index is -0.382. The summed E-state index contributed by atoms with van der Waals surface area (Å²) in [5, 5.41) is 2.83. The van der Waals surface area contributed by atoms with Gasteiger partial charge in [-0.25, -0.2) is 4.90 Å². The van der Waals surface area contributed by atoms with Crippen molar-refractivity contribution in [2.24, 2.45) is 23.7 Å². The molecule has 2 bridgehead atoms. The zero-order chi connectivity index (χ0) is 20.1. The molecule has 4 atom stereocenters. The summed E-state index contributed by atoms with van der Waals surface area (Å²) in [6, 6.07) is 13.8. The van der Waals surface area contributed by atoms with E-state index in [1.54, 1.807) is 55.6 Å². The molecule has 2 aromatic carbocycles. The zero-order valence-corrected chi connectivity index (χ0v) is 15.9. The van der Waals surface area contributed by atoms with E-state index in [9.17, 15) is 14.4 Å². The van der Waals surface area contributed by atoms with Crippen molar-refractivity contribution in [3.63, 3.8) is 0 Å². The summed E-state index contributed by atoms with van der Waals surface area (Å²) >= 11 is 0. The molecular formula is C23H20N2O4. The van der Waals surface area contributed by atoms with Gasteiger partial charge in [0.2, 0.25) is 11.8 Å². The van der Waals surface area contributed by atoms with E-state index in [0.29, 0.717) is 17.1 Å². The number of para-hydroxylation sites is 1. The number of amides is 3. The number of hydrogen-bond donors (Lipinski definition) is 1. The van der Waals surface area contributed by atoms with Gasteiger partial charge in [0.25, 0.3) is 5.91 Å². The number of benzene rings is 2. The highest BCUT2D eigenvalue weighted by atomic mass is 16.5. The van der Waals surface area contributed by atoms with Crippen molar-refractivity contribution in [1.29, 1.82) is 0 Å². The van der Waals surface area contributed by atoms with Crippen molar-refractivity contribution in [1.82, 2.24) is 0 Å². The van der Waals surface area contributed by atoms with Crippen molar-refractivity contribution in [2.45, 2.75) is 6.42 Å². The third-order valence-electron chi connectivity index (χ3n) is 6.19. The number of carbonyl (C=O) groups excluding carboxylic acids is 3. The van der Waals surface area contributed by atoms with Gasteiger partial charge in [-0.2, -0.15) is 0 Å². The minimum absolute atomic E-state index is 0.129. The molecule has 2 fully saturated rings. The smallest absolute Gasteiger partial charge is 0.257 e. The summed E-state index contributed by atoms with van der Waals surface area (Å²) in [5.41, 5.74) is 1.20. The van der Waals surface area contributed by atoms with Gasteiger partial charge >= 0.3 is 0 Å². The van der Waals surface area contributed by atoms with Crippen LogP contribution in [0.4, 0.5) is 11.4 Å². The maximum Gasteiger partial charge on any atom is 0.257 e. The lowest BCUT2D eigenvalue weighted by atomic mass is 9.85. The molecule has 6 nitrogen and oxygen atoms in total. The number of allylic oxidation sites excluding steroid dienone is 2. The highest BCUT2D eigenvalue weighted by Gasteiger charge is 2.59. The van der Waals surface area contributed by atoms with Gasteiger partial charge in [-0.3, -0.25) is 14.4 Å². The van der Waals surface area contributed by atoms with Crippen molar-refractivity contribution >= 4 is 29.1 Å². The first-order chi connectivity index (χ1) is 14.1. The zero-order valence-electron chi connectivity index (χ0n) is 15.9. The first-order valence-electron chi connectivity index (χ1n) is 9.69. The quantitative estimate of drug-likeness (QED) is 0.644. The van der Waals surface area contributed by atoms with Crippen LogP contribution in [0.2, 0.25) is 0 Å². The van der Waals surface area contributed by atoms with Crippen molar-refractivity contribution in [3.05, 3.63) is 66.2 Å². The molecule has 1 heterocycles. The first kappa shape index (κ1) is 17.7. The van der Waals surface area contributed by atoms with Crippen molar-refractivity contribution < 1.29 is 19.1 Å². The number of rotatable bonds is 4. The number of ether oxygens (including phenoxy) is 1. The Morgan fingerprint density at radius 1 is 1.00 bits per heavy atom. The second-order valence-corrected chi connectivity index (χ2v) is 7.71. The van der Waals surface area contributed by atoms with E-state index in [4.69, 9.17) is 4.74 Å². The highest BCUT2D eigenvalue weighted by Crippen LogP contribution is 2.53. The largest absolute Gasteiger partial charge is 0.497 e. The van der Waals surface area contributed by atoms with E-state index < -0.39 is 0 Å². The lowest BCUT2D eigenvalue weighted by Gasteiger charge is -2.20. The van der Waals surface area contributed by atoms with E-state index >= 15 is 0 Å². The molecule has 3 amide bonds. The van der Waals surface area contributed by atoms with Crippen LogP contribution in [0.25, 0.3) is 0 Å². The van der Waals surface area contributed by atoms with Crippen molar-refractivity contribution in [3.8, 4) is 5.75 Å². The maximum absolute atomic E-state index is 13.1. The van der Waals surface area contributed by atoms with Gasteiger partial charge in [-0.1, -0.05) is 30.4 Å². The first-order valence-corrected chi connectivity index (χ1v) is 9.69. The highest BCUT2D eigenvalue weighted by molar-refractivity contribution is 6.25. The van der Waals surface area contributed by atoms with Gasteiger partial charge in [-0.15, -0.1) is 0 Å². The summed E-state index contributed by atoms with van der Waals surface area (Å²) in [5.74, 6) is -0.492. The predicted molar refractivity (Wildman–Crippen MR) is 108 cm³/mol. The number of nitrogens with zero attached hydrogens (tertiary/aromatic N) is 1. The molecule has 5 rings (SSSR count). The molecule has 0 aromatic heterocycles. The van der Waals surface area contributed by atoms with Gasteiger partial charge in [0.15, 0.2) is 0 Å². The van der Waals surface area contributed by atoms with Gasteiger partial charge < -0.3 is 10.1 Å². The van der Waals surface area contributed by atoms with Crippen LogP contribution in [0.1, 0.15) is 16.8 Å². The molecule has 0 spiro atoms. The second-order valence-electron chi connectivity index (χ2n) is 7.71. The van der Waals surface area contributed by atoms with Crippen LogP contribution >= 0.6 is 0 Å². The maximum atomic E-state index is 13.1. The summed E-state index contributed by atoms with van der Waals surface area (Å²) in [7, 11) is 1.56. The number of imide groups is 1. The summed E-state index contributed by atoms with van der Waals surface area (Å²) in [6.45, 7) is 0. The molecule has 146 valence electrons. The molecule has 0 unspecified atom stereocenters. The third kappa shape index (κ3) is 2.67. The SMILES string of the molecule is COc1cccc(NC(=O)c2ccccc2N2C(=O)[C@@H]3[C@@H](C2=O)[C@H]2C=C[C@H]3C2)c1. The number of methoxy groups -OCH3 is 1. The average Bonchev–Trinajstić information content (AvgIpc) is 3.42. The third-order valence-corrected chi connectivity index (χ3v) is 6.19. The Bertz CT molecular complexity index is 1030. The fourth-order valence-corrected chi connectivity index (χ4v) is 4.90. The summed E-state index contributed by atoms with van der Waals surface area (Å²) in [4.78, 5) is 40.5. The van der Waals surface area contributed by atoms with Crippen LogP contribution in [0.15, 0.2) is 60.7 Å². The Balaban J connectivity index is 1.46. The standard InChI is InChI=1S/C23H20N2O4/c1-29-16-6-4-5-15(12-16)24-21(26)17-7-2-3-8-18(17)25-22(27)19-13-9-10-14(11-13)20(19)23(25)28/h2-10,12-14,19-20H,11H2,1H3,(H,24,26)/t13-,14-,19-,20-/m0/s1. The number of fused-ring (bicyclic) bond motifs is 5. The molecule has 2 aliphatic carbocycles. The van der Waals surface area contributed by atoms with Gasteiger partial charge in [0.1, 0.15) is 5.75 Å². The molecule has 2 aromatic rings. The van der Waals surface area contributed by atoms with Gasteiger partial charge in [-0.05, 0) is 42.5 Å². The Hall–Kier alpha value is -3.41. The Morgan fingerprint density at radius 3 is 2.38 bits per heavy atom. The Kier molecular flexibility index (Phi) is 4.01.